The molecule has 2 rings (SSSR count). The predicted octanol–water partition coefficient (Wildman–Crippen LogP) is 2.23. The zero-order chi connectivity index (χ0) is 13.3. The fourth-order valence-corrected chi connectivity index (χ4v) is 2.35. The molecule has 0 bridgehead atoms. The first-order valence-corrected chi connectivity index (χ1v) is 6.64. The average Bonchev–Trinajstić information content (AvgIpc) is 2.69. The summed E-state index contributed by atoms with van der Waals surface area (Å²) in [5.74, 6) is 0.989. The number of likely N-dealkylation sites (tertiary alicyclic amines) is 1. The molecular formula is C15H22N2O. The van der Waals surface area contributed by atoms with Gasteiger partial charge in [-0.25, -0.2) is 0 Å². The van der Waals surface area contributed by atoms with E-state index in [0.717, 1.165) is 12.1 Å². The molecule has 2 atom stereocenters. The van der Waals surface area contributed by atoms with Gasteiger partial charge in [-0.1, -0.05) is 32.9 Å². The van der Waals surface area contributed by atoms with E-state index in [1.165, 1.54) is 5.56 Å². The highest BCUT2D eigenvalue weighted by molar-refractivity contribution is 5.94. The minimum Gasteiger partial charge on any atom is -0.337 e. The van der Waals surface area contributed by atoms with Crippen molar-refractivity contribution in [3.63, 3.8) is 0 Å². The maximum Gasteiger partial charge on any atom is 0.253 e. The van der Waals surface area contributed by atoms with E-state index in [9.17, 15) is 4.79 Å². The largest absolute Gasteiger partial charge is 0.337 e. The van der Waals surface area contributed by atoms with Crippen LogP contribution in [-0.2, 0) is 0 Å². The molecule has 1 aliphatic heterocycles. The van der Waals surface area contributed by atoms with Crippen molar-refractivity contribution in [1.82, 2.24) is 4.90 Å². The minimum absolute atomic E-state index is 0.102. The molecule has 1 amide bonds. The Bertz CT molecular complexity index is 415. The number of hydrogen-bond acceptors (Lipinski definition) is 2. The molecule has 0 saturated carbocycles. The number of rotatable bonds is 2. The summed E-state index contributed by atoms with van der Waals surface area (Å²) < 4.78 is 0. The molecule has 18 heavy (non-hydrogen) atoms. The first-order chi connectivity index (χ1) is 8.49. The number of carbonyl (C=O) groups is 1. The molecule has 1 saturated heterocycles. The molecule has 3 heteroatoms. The van der Waals surface area contributed by atoms with Crippen molar-refractivity contribution in [3.05, 3.63) is 35.4 Å². The Hall–Kier alpha value is -1.35. The normalized spacial score (nSPS) is 23.7. The zero-order valence-corrected chi connectivity index (χ0v) is 11.4. The summed E-state index contributed by atoms with van der Waals surface area (Å²) in [6.07, 6.45) is 0. The Balaban J connectivity index is 2.10. The van der Waals surface area contributed by atoms with Crippen molar-refractivity contribution in [2.24, 2.45) is 11.7 Å². The maximum atomic E-state index is 12.3. The number of amides is 1. The van der Waals surface area contributed by atoms with Crippen LogP contribution in [0.4, 0.5) is 0 Å². The third-order valence-corrected chi connectivity index (χ3v) is 3.78. The van der Waals surface area contributed by atoms with E-state index in [0.29, 0.717) is 18.4 Å². The molecular weight excluding hydrogens is 224 g/mol. The van der Waals surface area contributed by atoms with Gasteiger partial charge in [-0.3, -0.25) is 4.79 Å². The Morgan fingerprint density at radius 3 is 2.33 bits per heavy atom. The summed E-state index contributed by atoms with van der Waals surface area (Å²) in [5, 5.41) is 0. The van der Waals surface area contributed by atoms with Gasteiger partial charge in [-0.2, -0.15) is 0 Å². The fraction of sp³-hybridized carbons (Fsp3) is 0.533. The van der Waals surface area contributed by atoms with Gasteiger partial charge in [-0.15, -0.1) is 0 Å². The van der Waals surface area contributed by atoms with Crippen LogP contribution in [0.5, 0.6) is 0 Å². The van der Waals surface area contributed by atoms with Crippen molar-refractivity contribution in [2.45, 2.75) is 32.7 Å². The maximum absolute atomic E-state index is 12.3. The van der Waals surface area contributed by atoms with Gasteiger partial charge in [0.25, 0.3) is 5.91 Å². The summed E-state index contributed by atoms with van der Waals surface area (Å²) in [4.78, 5) is 14.2. The average molecular weight is 246 g/mol. The Morgan fingerprint density at radius 2 is 1.89 bits per heavy atom. The van der Waals surface area contributed by atoms with E-state index in [1.807, 2.05) is 29.2 Å². The quantitative estimate of drug-likeness (QED) is 0.869. The number of benzene rings is 1. The lowest BCUT2D eigenvalue weighted by Crippen LogP contribution is -2.32. The standard InChI is InChI=1S/C15H22N2O/c1-10(2)12-4-6-13(7-5-12)15(18)17-8-11(3)14(16)9-17/h4-7,10-11,14H,8-9,16H2,1-3H3. The number of hydrogen-bond donors (Lipinski definition) is 1. The molecule has 1 heterocycles. The van der Waals surface area contributed by atoms with Gasteiger partial charge < -0.3 is 10.6 Å². The van der Waals surface area contributed by atoms with E-state index in [1.54, 1.807) is 0 Å². The van der Waals surface area contributed by atoms with E-state index in [-0.39, 0.29) is 11.9 Å². The van der Waals surface area contributed by atoms with Crippen LogP contribution < -0.4 is 5.73 Å². The number of nitrogens with two attached hydrogens (primary N) is 1. The van der Waals surface area contributed by atoms with Crippen molar-refractivity contribution < 1.29 is 4.79 Å². The third-order valence-electron chi connectivity index (χ3n) is 3.78. The van der Waals surface area contributed by atoms with E-state index in [2.05, 4.69) is 20.8 Å². The van der Waals surface area contributed by atoms with Gasteiger partial charge in [0.1, 0.15) is 0 Å². The molecule has 1 aromatic carbocycles. The van der Waals surface area contributed by atoms with Crippen LogP contribution in [0.1, 0.15) is 42.6 Å². The summed E-state index contributed by atoms with van der Waals surface area (Å²) >= 11 is 0. The molecule has 98 valence electrons. The number of carbonyl (C=O) groups excluding carboxylic acids is 1. The molecule has 1 aliphatic rings. The van der Waals surface area contributed by atoms with E-state index in [4.69, 9.17) is 5.73 Å². The molecule has 0 aliphatic carbocycles. The van der Waals surface area contributed by atoms with Gasteiger partial charge in [0.15, 0.2) is 0 Å². The summed E-state index contributed by atoms with van der Waals surface area (Å²) in [6, 6.07) is 8.04. The highest BCUT2D eigenvalue weighted by atomic mass is 16.2. The SMILES string of the molecule is CC(C)c1ccc(C(=O)N2CC(C)C(N)C2)cc1. The molecule has 0 aromatic heterocycles. The predicted molar refractivity (Wildman–Crippen MR) is 73.6 cm³/mol. The van der Waals surface area contributed by atoms with Crippen molar-refractivity contribution in [2.75, 3.05) is 13.1 Å². The van der Waals surface area contributed by atoms with Crippen LogP contribution in [-0.4, -0.2) is 29.9 Å². The van der Waals surface area contributed by atoms with Crippen LogP contribution in [0, 0.1) is 5.92 Å². The minimum atomic E-state index is 0.102. The van der Waals surface area contributed by atoms with Crippen molar-refractivity contribution in [1.29, 1.82) is 0 Å². The first kappa shape index (κ1) is 13.1. The Kier molecular flexibility index (Phi) is 3.71. The van der Waals surface area contributed by atoms with Crippen LogP contribution >= 0.6 is 0 Å². The second-order valence-electron chi connectivity index (χ2n) is 5.63. The highest BCUT2D eigenvalue weighted by Crippen LogP contribution is 2.19. The third kappa shape index (κ3) is 2.56. The lowest BCUT2D eigenvalue weighted by molar-refractivity contribution is 0.0787. The van der Waals surface area contributed by atoms with Gasteiger partial charge in [0.05, 0.1) is 0 Å². The van der Waals surface area contributed by atoms with Crippen LogP contribution in [0.25, 0.3) is 0 Å². The van der Waals surface area contributed by atoms with Crippen LogP contribution in [0.2, 0.25) is 0 Å². The molecule has 0 spiro atoms. The van der Waals surface area contributed by atoms with Gasteiger partial charge >= 0.3 is 0 Å². The second kappa shape index (κ2) is 5.11. The van der Waals surface area contributed by atoms with Crippen molar-refractivity contribution in [3.8, 4) is 0 Å². The Labute approximate surface area is 109 Å². The highest BCUT2D eigenvalue weighted by Gasteiger charge is 2.30. The molecule has 2 unspecified atom stereocenters. The summed E-state index contributed by atoms with van der Waals surface area (Å²) in [7, 11) is 0. The molecule has 1 fully saturated rings. The summed E-state index contributed by atoms with van der Waals surface area (Å²) in [5.41, 5.74) is 7.98. The fourth-order valence-electron chi connectivity index (χ4n) is 2.35. The topological polar surface area (TPSA) is 46.3 Å². The Morgan fingerprint density at radius 1 is 1.28 bits per heavy atom. The van der Waals surface area contributed by atoms with Gasteiger partial charge in [0, 0.05) is 24.7 Å². The summed E-state index contributed by atoms with van der Waals surface area (Å²) in [6.45, 7) is 7.84. The lowest BCUT2D eigenvalue weighted by Gasteiger charge is -2.16. The first-order valence-electron chi connectivity index (χ1n) is 6.64. The van der Waals surface area contributed by atoms with E-state index >= 15 is 0 Å². The van der Waals surface area contributed by atoms with Crippen molar-refractivity contribution >= 4 is 5.91 Å². The van der Waals surface area contributed by atoms with Gasteiger partial charge in [-0.05, 0) is 29.5 Å². The molecule has 3 nitrogen and oxygen atoms in total. The second-order valence-corrected chi connectivity index (χ2v) is 5.63. The molecule has 1 aromatic rings. The van der Waals surface area contributed by atoms with E-state index < -0.39 is 0 Å². The van der Waals surface area contributed by atoms with Crippen LogP contribution in [0.3, 0.4) is 0 Å². The van der Waals surface area contributed by atoms with Crippen LogP contribution in [0.15, 0.2) is 24.3 Å². The number of nitrogens with zero attached hydrogens (tertiary/aromatic N) is 1. The zero-order valence-electron chi connectivity index (χ0n) is 11.4. The lowest BCUT2D eigenvalue weighted by atomic mass is 10.0. The van der Waals surface area contributed by atoms with Gasteiger partial charge in [0.2, 0.25) is 0 Å². The monoisotopic (exact) mass is 246 g/mol. The molecule has 0 radical (unpaired) electrons. The molecule has 2 N–H and O–H groups in total. The smallest absolute Gasteiger partial charge is 0.253 e.